The molecule has 0 aromatic heterocycles. The van der Waals surface area contributed by atoms with E-state index in [1.165, 1.54) is 9.47 Å². The lowest BCUT2D eigenvalue weighted by Gasteiger charge is -2.36. The summed E-state index contributed by atoms with van der Waals surface area (Å²) in [5.74, 6) is -15.9. The third-order valence-electron chi connectivity index (χ3n) is 3.16. The molecule has 0 aromatic carbocycles. The number of hydrogen-bond donors (Lipinski definition) is 0. The van der Waals surface area contributed by atoms with E-state index in [-0.39, 0.29) is 6.08 Å². The molecule has 0 heterocycles. The fourth-order valence-corrected chi connectivity index (χ4v) is 1.33. The predicted molar refractivity (Wildman–Crippen MR) is 70.0 cm³/mol. The number of carbonyl (C=O) groups excluding carboxylic acids is 1. The predicted octanol–water partition coefficient (Wildman–Crippen LogP) is 6.16. The highest BCUT2D eigenvalue weighted by Crippen LogP contribution is 2.53. The molecule has 0 aromatic rings. The largest absolute Gasteiger partial charge is 0.462 e. The lowest BCUT2D eigenvalue weighted by Crippen LogP contribution is -2.62. The van der Waals surface area contributed by atoms with Crippen LogP contribution in [0.3, 0.4) is 0 Å². The monoisotopic (exact) mass is 602 g/mol. The summed E-state index contributed by atoms with van der Waals surface area (Å²) in [5, 5.41) is 0. The molecule has 0 spiro atoms. The van der Waals surface area contributed by atoms with Crippen LogP contribution in [0.25, 0.3) is 0 Å². The van der Waals surface area contributed by atoms with E-state index >= 15 is 0 Å². The van der Waals surface area contributed by atoms with Crippen molar-refractivity contribution in [3.63, 3.8) is 0 Å². The molecule has 37 heavy (non-hydrogen) atoms. The highest BCUT2D eigenvalue weighted by atomic mass is 19.4. The summed E-state index contributed by atoms with van der Waals surface area (Å²) < 4.78 is 251. The molecule has 0 aliphatic carbocycles. The third kappa shape index (κ3) is 7.20. The Labute approximate surface area is 188 Å². The van der Waals surface area contributed by atoms with Crippen molar-refractivity contribution in [3.05, 3.63) is 12.7 Å². The Morgan fingerprint density at radius 1 is 0.541 bits per heavy atom. The van der Waals surface area contributed by atoms with Crippen molar-refractivity contribution in [1.29, 1.82) is 0 Å². The number of esters is 1. The number of carbonyl (C=O) groups is 1. The molecular weight excluding hydrogens is 597 g/mol. The van der Waals surface area contributed by atoms with Gasteiger partial charge in [-0.05, 0) is 0 Å². The van der Waals surface area contributed by atoms with Crippen LogP contribution in [0.5, 0.6) is 0 Å². The molecule has 0 atom stereocenters. The second-order valence-electron chi connectivity index (χ2n) is 6.00. The Morgan fingerprint density at radius 2 is 0.838 bits per heavy atom. The highest BCUT2D eigenvalue weighted by Gasteiger charge is 2.81. The van der Waals surface area contributed by atoms with Gasteiger partial charge in [-0.15, -0.1) is 0 Å². The highest BCUT2D eigenvalue weighted by molar-refractivity contribution is 5.81. The van der Waals surface area contributed by atoms with Crippen molar-refractivity contribution >= 4 is 5.97 Å². The van der Waals surface area contributed by atoms with E-state index in [0.29, 0.717) is 0 Å². The number of rotatable bonds is 13. The van der Waals surface area contributed by atoms with Crippen molar-refractivity contribution in [1.82, 2.24) is 0 Å². The van der Waals surface area contributed by atoms with Gasteiger partial charge in [0.25, 0.3) is 0 Å². The van der Waals surface area contributed by atoms with Gasteiger partial charge in [-0.25, -0.2) is 19.0 Å². The minimum atomic E-state index is -7.83. The van der Waals surface area contributed by atoms with Crippen molar-refractivity contribution < 1.29 is 107 Å². The van der Waals surface area contributed by atoms with Crippen LogP contribution in [0.4, 0.5) is 83.4 Å². The number of hydrogen-bond acceptors (Lipinski definition) is 5. The molecule has 0 amide bonds. The molecule has 0 fully saturated rings. The summed E-state index contributed by atoms with van der Waals surface area (Å²) in [7, 11) is 0. The first-order chi connectivity index (χ1) is 15.8. The molecule has 0 N–H and O–H groups in total. The van der Waals surface area contributed by atoms with Crippen molar-refractivity contribution in [2.75, 3.05) is 6.61 Å². The van der Waals surface area contributed by atoms with Gasteiger partial charge in [0.15, 0.2) is 6.61 Å². The van der Waals surface area contributed by atoms with Crippen LogP contribution in [0.2, 0.25) is 0 Å². The number of halogens is 19. The van der Waals surface area contributed by atoms with Crippen LogP contribution < -0.4 is 0 Å². The van der Waals surface area contributed by atoms with E-state index in [1.807, 2.05) is 0 Å². The molecule has 220 valence electrons. The third-order valence-corrected chi connectivity index (χ3v) is 3.16. The van der Waals surface area contributed by atoms with Crippen LogP contribution in [0, 0.1) is 0 Å². The Kier molecular flexibility index (Phi) is 9.22. The van der Waals surface area contributed by atoms with Crippen LogP contribution in [-0.4, -0.2) is 67.2 Å². The first-order valence-corrected chi connectivity index (χ1v) is 7.81. The van der Waals surface area contributed by atoms with E-state index in [4.69, 9.17) is 0 Å². The smallest absolute Gasteiger partial charge is 0.456 e. The fourth-order valence-electron chi connectivity index (χ4n) is 1.33. The van der Waals surface area contributed by atoms with Gasteiger partial charge in [0.1, 0.15) is 0 Å². The van der Waals surface area contributed by atoms with Gasteiger partial charge in [-0.2, -0.15) is 83.4 Å². The lowest BCUT2D eigenvalue weighted by atomic mass is 10.3. The molecular formula is C13H5F19O5. The van der Waals surface area contributed by atoms with E-state index in [2.05, 4.69) is 11.3 Å². The van der Waals surface area contributed by atoms with E-state index in [1.54, 1.807) is 4.74 Å². The zero-order valence-corrected chi connectivity index (χ0v) is 16.2. The summed E-state index contributed by atoms with van der Waals surface area (Å²) >= 11 is 0. The Hall–Kier alpha value is -2.24. The summed E-state index contributed by atoms with van der Waals surface area (Å²) in [4.78, 5) is 10.5. The average molecular weight is 602 g/mol. The standard InChI is InChI=1S/C13H5F19O5/c1-2-4(33)34-3-5(14,15)8(21,22)35-10(25,26)12(29,30)37-13(31,32)11(27,28)36-9(23,24)6(16,17)7(18,19)20/h2H,1,3H2. The molecule has 0 unspecified atom stereocenters. The second-order valence-corrected chi connectivity index (χ2v) is 6.00. The Morgan fingerprint density at radius 3 is 1.14 bits per heavy atom. The maximum absolute atomic E-state index is 13.2. The van der Waals surface area contributed by atoms with Crippen LogP contribution in [-0.2, 0) is 23.7 Å². The van der Waals surface area contributed by atoms with Gasteiger partial charge in [-0.1, -0.05) is 6.58 Å². The summed E-state index contributed by atoms with van der Waals surface area (Å²) in [6.07, 6.45) is -53.2. The van der Waals surface area contributed by atoms with Gasteiger partial charge >= 0.3 is 60.6 Å². The number of alkyl halides is 19. The van der Waals surface area contributed by atoms with Gasteiger partial charge in [0.05, 0.1) is 0 Å². The van der Waals surface area contributed by atoms with Gasteiger partial charge < -0.3 is 4.74 Å². The summed E-state index contributed by atoms with van der Waals surface area (Å²) in [6.45, 7) is -0.405. The van der Waals surface area contributed by atoms with E-state index < -0.39 is 67.2 Å². The van der Waals surface area contributed by atoms with Gasteiger partial charge in [0.2, 0.25) is 0 Å². The zero-order chi connectivity index (χ0) is 30.3. The molecule has 0 saturated heterocycles. The van der Waals surface area contributed by atoms with Crippen LogP contribution in [0.1, 0.15) is 0 Å². The molecule has 5 nitrogen and oxygen atoms in total. The Balaban J connectivity index is 5.99. The fraction of sp³-hybridized carbons (Fsp3) is 0.769. The number of ether oxygens (including phenoxy) is 4. The first kappa shape index (κ1) is 34.8. The van der Waals surface area contributed by atoms with E-state index in [0.717, 1.165) is 0 Å². The van der Waals surface area contributed by atoms with Crippen molar-refractivity contribution in [3.8, 4) is 0 Å². The molecule has 0 bridgehead atoms. The van der Waals surface area contributed by atoms with Crippen molar-refractivity contribution in [2.45, 2.75) is 54.7 Å². The second kappa shape index (κ2) is 9.81. The van der Waals surface area contributed by atoms with Gasteiger partial charge in [0, 0.05) is 6.08 Å². The van der Waals surface area contributed by atoms with Crippen molar-refractivity contribution in [2.24, 2.45) is 0 Å². The molecule has 0 rings (SSSR count). The zero-order valence-electron chi connectivity index (χ0n) is 16.2. The molecule has 24 heteroatoms. The quantitative estimate of drug-likeness (QED) is 0.144. The molecule has 0 saturated carbocycles. The lowest BCUT2D eigenvalue weighted by molar-refractivity contribution is -0.573. The Bertz CT molecular complexity index is 833. The average Bonchev–Trinajstić information content (AvgIpc) is 2.62. The minimum Gasteiger partial charge on any atom is -0.456 e. The summed E-state index contributed by atoms with van der Waals surface area (Å²) in [5.41, 5.74) is 0. The maximum atomic E-state index is 13.2. The van der Waals surface area contributed by atoms with Crippen LogP contribution >= 0.6 is 0 Å². The van der Waals surface area contributed by atoms with Crippen LogP contribution in [0.15, 0.2) is 12.7 Å². The topological polar surface area (TPSA) is 54.0 Å². The first-order valence-electron chi connectivity index (χ1n) is 7.81. The minimum absolute atomic E-state index is 0.0180. The van der Waals surface area contributed by atoms with Gasteiger partial charge in [-0.3, -0.25) is 0 Å². The van der Waals surface area contributed by atoms with E-state index in [9.17, 15) is 88.2 Å². The molecule has 0 radical (unpaired) electrons. The SMILES string of the molecule is C=CC(=O)OCC(F)(F)C(F)(F)OC(F)(F)C(F)(F)OC(F)(F)C(F)(F)OC(F)(F)C(F)(F)C(F)(F)F. The summed E-state index contributed by atoms with van der Waals surface area (Å²) in [6, 6.07) is 0. The normalized spacial score (nSPS) is 15.5. The molecule has 0 aliphatic rings. The molecule has 0 aliphatic heterocycles. The maximum Gasteiger partial charge on any atom is 0.462 e.